The highest BCUT2D eigenvalue weighted by Gasteiger charge is 2.17. The maximum absolute atomic E-state index is 11.4. The summed E-state index contributed by atoms with van der Waals surface area (Å²) in [5, 5.41) is 2.77. The largest absolute Gasteiger partial charge is 0.376 e. The van der Waals surface area contributed by atoms with Gasteiger partial charge in [0.15, 0.2) is 5.69 Å². The van der Waals surface area contributed by atoms with Crippen LogP contribution in [-0.2, 0) is 4.74 Å². The van der Waals surface area contributed by atoms with Gasteiger partial charge in [0.25, 0.3) is 5.91 Å². The van der Waals surface area contributed by atoms with Crippen molar-refractivity contribution in [2.45, 2.75) is 18.9 Å². The molecule has 1 N–H and O–H groups in total. The molecule has 1 aromatic rings. The van der Waals surface area contributed by atoms with Crippen molar-refractivity contribution in [3.05, 3.63) is 11.9 Å². The minimum atomic E-state index is -0.172. The number of hydrogen-bond donors (Lipinski definition) is 1. The SMILES string of the molecule is O=C(NCC1CCCO1)c1cnsn1. The molecule has 76 valence electrons. The zero-order chi connectivity index (χ0) is 9.80. The Morgan fingerprint density at radius 2 is 2.71 bits per heavy atom. The minimum absolute atomic E-state index is 0.172. The van der Waals surface area contributed by atoms with Crippen molar-refractivity contribution >= 4 is 17.6 Å². The van der Waals surface area contributed by atoms with Gasteiger partial charge in [0.2, 0.25) is 0 Å². The minimum Gasteiger partial charge on any atom is -0.376 e. The van der Waals surface area contributed by atoms with E-state index < -0.39 is 0 Å². The summed E-state index contributed by atoms with van der Waals surface area (Å²) in [6, 6.07) is 0. The van der Waals surface area contributed by atoms with Crippen molar-refractivity contribution in [1.29, 1.82) is 0 Å². The van der Waals surface area contributed by atoms with Crippen LogP contribution in [0.1, 0.15) is 23.3 Å². The topological polar surface area (TPSA) is 64.1 Å². The smallest absolute Gasteiger partial charge is 0.272 e. The summed E-state index contributed by atoms with van der Waals surface area (Å²) in [5.74, 6) is -0.172. The third-order valence-corrected chi connectivity index (χ3v) is 2.59. The molecule has 1 aliphatic rings. The number of nitrogens with one attached hydrogen (secondary N) is 1. The summed E-state index contributed by atoms with van der Waals surface area (Å²) in [6.45, 7) is 1.37. The predicted molar refractivity (Wildman–Crippen MR) is 51.2 cm³/mol. The first-order valence-corrected chi connectivity index (χ1v) is 5.26. The number of rotatable bonds is 3. The first-order chi connectivity index (χ1) is 6.86. The zero-order valence-electron chi connectivity index (χ0n) is 7.60. The molecule has 1 amide bonds. The van der Waals surface area contributed by atoms with E-state index in [1.54, 1.807) is 0 Å². The van der Waals surface area contributed by atoms with E-state index in [4.69, 9.17) is 4.74 Å². The highest BCUT2D eigenvalue weighted by molar-refractivity contribution is 6.99. The highest BCUT2D eigenvalue weighted by atomic mass is 32.1. The van der Waals surface area contributed by atoms with Crippen LogP contribution in [0.5, 0.6) is 0 Å². The average Bonchev–Trinajstić information content (AvgIpc) is 2.87. The first kappa shape index (κ1) is 9.54. The zero-order valence-corrected chi connectivity index (χ0v) is 8.42. The Bertz CT molecular complexity index is 296. The van der Waals surface area contributed by atoms with Gasteiger partial charge < -0.3 is 10.1 Å². The van der Waals surface area contributed by atoms with Crippen molar-refractivity contribution in [2.75, 3.05) is 13.2 Å². The number of hydrogen-bond acceptors (Lipinski definition) is 5. The van der Waals surface area contributed by atoms with Crippen LogP contribution in [0, 0.1) is 0 Å². The Morgan fingerprint density at radius 3 is 3.36 bits per heavy atom. The number of ether oxygens (including phenoxy) is 1. The molecular weight excluding hydrogens is 202 g/mol. The Balaban J connectivity index is 1.78. The predicted octanol–water partition coefficient (Wildman–Crippen LogP) is 0.447. The maximum Gasteiger partial charge on any atom is 0.272 e. The van der Waals surface area contributed by atoms with Gasteiger partial charge in [0.1, 0.15) is 0 Å². The summed E-state index contributed by atoms with van der Waals surface area (Å²) < 4.78 is 13.0. The lowest BCUT2D eigenvalue weighted by Crippen LogP contribution is -2.31. The van der Waals surface area contributed by atoms with Crippen LogP contribution < -0.4 is 5.32 Å². The molecule has 1 aromatic heterocycles. The molecule has 0 aromatic carbocycles. The molecule has 0 spiro atoms. The molecule has 0 aliphatic carbocycles. The number of nitrogens with zero attached hydrogens (tertiary/aromatic N) is 2. The number of carbonyl (C=O) groups is 1. The van der Waals surface area contributed by atoms with Crippen molar-refractivity contribution in [3.8, 4) is 0 Å². The quantitative estimate of drug-likeness (QED) is 0.791. The van der Waals surface area contributed by atoms with Crippen LogP contribution in [0.2, 0.25) is 0 Å². The maximum atomic E-state index is 11.4. The molecule has 5 nitrogen and oxygen atoms in total. The average molecular weight is 213 g/mol. The summed E-state index contributed by atoms with van der Waals surface area (Å²) in [4.78, 5) is 11.4. The number of aromatic nitrogens is 2. The van der Waals surface area contributed by atoms with Crippen LogP contribution in [0.3, 0.4) is 0 Å². The molecule has 0 bridgehead atoms. The van der Waals surface area contributed by atoms with E-state index in [-0.39, 0.29) is 12.0 Å². The molecule has 1 unspecified atom stereocenters. The molecule has 0 radical (unpaired) electrons. The van der Waals surface area contributed by atoms with Gasteiger partial charge >= 0.3 is 0 Å². The summed E-state index contributed by atoms with van der Waals surface area (Å²) >= 11 is 1.03. The molecule has 1 fully saturated rings. The number of amides is 1. The summed E-state index contributed by atoms with van der Waals surface area (Å²) in [6.07, 6.45) is 3.75. The molecule has 1 atom stereocenters. The van der Waals surface area contributed by atoms with Crippen LogP contribution in [0.25, 0.3) is 0 Å². The fourth-order valence-corrected chi connectivity index (χ4v) is 1.78. The Hall–Kier alpha value is -1.01. The molecule has 1 saturated heterocycles. The standard InChI is InChI=1S/C8H11N3O2S/c12-8(7-5-10-14-11-7)9-4-6-2-1-3-13-6/h5-6H,1-4H2,(H,9,12). The van der Waals surface area contributed by atoms with Crippen molar-refractivity contribution in [2.24, 2.45) is 0 Å². The molecule has 14 heavy (non-hydrogen) atoms. The second kappa shape index (κ2) is 4.47. The van der Waals surface area contributed by atoms with E-state index in [0.29, 0.717) is 12.2 Å². The molecule has 1 aliphatic heterocycles. The van der Waals surface area contributed by atoms with Gasteiger partial charge in [-0.25, -0.2) is 0 Å². The third kappa shape index (κ3) is 2.27. The van der Waals surface area contributed by atoms with Crippen LogP contribution in [0.4, 0.5) is 0 Å². The molecular formula is C8H11N3O2S. The summed E-state index contributed by atoms with van der Waals surface area (Å²) in [7, 11) is 0. The molecule has 0 saturated carbocycles. The fraction of sp³-hybridized carbons (Fsp3) is 0.625. The van der Waals surface area contributed by atoms with Gasteiger partial charge in [-0.05, 0) is 12.8 Å². The van der Waals surface area contributed by atoms with Gasteiger partial charge in [-0.15, -0.1) is 0 Å². The summed E-state index contributed by atoms with van der Waals surface area (Å²) in [5.41, 5.74) is 0.382. The lowest BCUT2D eigenvalue weighted by atomic mass is 10.2. The monoisotopic (exact) mass is 213 g/mol. The lowest BCUT2D eigenvalue weighted by Gasteiger charge is -2.09. The lowest BCUT2D eigenvalue weighted by molar-refractivity contribution is 0.0854. The van der Waals surface area contributed by atoms with Gasteiger partial charge in [0, 0.05) is 13.2 Å². The van der Waals surface area contributed by atoms with Gasteiger partial charge in [-0.1, -0.05) is 0 Å². The first-order valence-electron chi connectivity index (χ1n) is 4.53. The van der Waals surface area contributed by atoms with Gasteiger partial charge in [0.05, 0.1) is 24.0 Å². The van der Waals surface area contributed by atoms with Crippen LogP contribution in [0.15, 0.2) is 6.20 Å². The Labute approximate surface area is 85.8 Å². The van der Waals surface area contributed by atoms with Crippen molar-refractivity contribution < 1.29 is 9.53 Å². The van der Waals surface area contributed by atoms with E-state index in [1.807, 2.05) is 0 Å². The van der Waals surface area contributed by atoms with E-state index in [9.17, 15) is 4.79 Å². The van der Waals surface area contributed by atoms with Gasteiger partial charge in [-0.3, -0.25) is 4.79 Å². The van der Waals surface area contributed by atoms with E-state index in [2.05, 4.69) is 14.1 Å². The Morgan fingerprint density at radius 1 is 1.79 bits per heavy atom. The third-order valence-electron chi connectivity index (χ3n) is 2.11. The highest BCUT2D eigenvalue weighted by Crippen LogP contribution is 2.10. The molecule has 2 rings (SSSR count). The van der Waals surface area contributed by atoms with Crippen LogP contribution in [-0.4, -0.2) is 33.9 Å². The molecule has 2 heterocycles. The van der Waals surface area contributed by atoms with Crippen molar-refractivity contribution in [3.63, 3.8) is 0 Å². The van der Waals surface area contributed by atoms with Gasteiger partial charge in [-0.2, -0.15) is 8.75 Å². The Kier molecular flexibility index (Phi) is 3.05. The normalized spacial score (nSPS) is 21.0. The van der Waals surface area contributed by atoms with Crippen molar-refractivity contribution in [1.82, 2.24) is 14.1 Å². The second-order valence-electron chi connectivity index (χ2n) is 3.14. The molecule has 6 heteroatoms. The van der Waals surface area contributed by atoms with E-state index >= 15 is 0 Å². The van der Waals surface area contributed by atoms with Crippen LogP contribution >= 0.6 is 11.7 Å². The van der Waals surface area contributed by atoms with E-state index in [1.165, 1.54) is 6.20 Å². The number of carbonyl (C=O) groups excluding carboxylic acids is 1. The van der Waals surface area contributed by atoms with E-state index in [0.717, 1.165) is 31.2 Å². The second-order valence-corrected chi connectivity index (χ2v) is 3.69. The fourth-order valence-electron chi connectivity index (χ4n) is 1.37.